The standard InChI is InChI=1S/C20H17FN4O2/c1-24-19-18(20(26)25(13-22-19)16-8-3-2-4-9-16)17(23-24)12-27-11-14-6-5-7-15(21)10-14/h2-10,13H,11-12H2,1H3. The molecule has 0 radical (unpaired) electrons. The van der Waals surface area contributed by atoms with Crippen LogP contribution in [0.3, 0.4) is 0 Å². The highest BCUT2D eigenvalue weighted by Crippen LogP contribution is 2.15. The lowest BCUT2D eigenvalue weighted by Gasteiger charge is -2.06. The maximum atomic E-state index is 13.3. The van der Waals surface area contributed by atoms with E-state index < -0.39 is 0 Å². The number of fused-ring (bicyclic) bond motifs is 1. The Morgan fingerprint density at radius 1 is 1.07 bits per heavy atom. The van der Waals surface area contributed by atoms with Crippen LogP contribution in [0.4, 0.5) is 4.39 Å². The van der Waals surface area contributed by atoms with Gasteiger partial charge in [-0.1, -0.05) is 30.3 Å². The molecular weight excluding hydrogens is 347 g/mol. The molecule has 0 bridgehead atoms. The van der Waals surface area contributed by atoms with Gasteiger partial charge in [0.05, 0.1) is 18.9 Å². The van der Waals surface area contributed by atoms with E-state index in [9.17, 15) is 9.18 Å². The van der Waals surface area contributed by atoms with E-state index in [0.29, 0.717) is 16.7 Å². The lowest BCUT2D eigenvalue weighted by molar-refractivity contribution is 0.105. The van der Waals surface area contributed by atoms with Gasteiger partial charge in [-0.15, -0.1) is 0 Å². The van der Waals surface area contributed by atoms with E-state index in [1.165, 1.54) is 23.0 Å². The Hall–Kier alpha value is -3.32. The number of ether oxygens (including phenoxy) is 1. The van der Waals surface area contributed by atoms with Gasteiger partial charge >= 0.3 is 0 Å². The van der Waals surface area contributed by atoms with Crippen LogP contribution >= 0.6 is 0 Å². The predicted octanol–water partition coefficient (Wildman–Crippen LogP) is 2.98. The summed E-state index contributed by atoms with van der Waals surface area (Å²) in [4.78, 5) is 17.4. The van der Waals surface area contributed by atoms with Crippen molar-refractivity contribution < 1.29 is 9.13 Å². The van der Waals surface area contributed by atoms with Crippen LogP contribution in [0.2, 0.25) is 0 Å². The van der Waals surface area contributed by atoms with Gasteiger partial charge in [0.1, 0.15) is 23.2 Å². The number of nitrogens with zero attached hydrogens (tertiary/aromatic N) is 4. The molecule has 136 valence electrons. The van der Waals surface area contributed by atoms with E-state index in [1.54, 1.807) is 23.9 Å². The molecule has 7 heteroatoms. The zero-order valence-electron chi connectivity index (χ0n) is 14.7. The van der Waals surface area contributed by atoms with Gasteiger partial charge < -0.3 is 4.74 Å². The van der Waals surface area contributed by atoms with Crippen molar-refractivity contribution in [1.82, 2.24) is 19.3 Å². The van der Waals surface area contributed by atoms with E-state index in [2.05, 4.69) is 10.1 Å². The fraction of sp³-hybridized carbons (Fsp3) is 0.150. The first-order valence-electron chi connectivity index (χ1n) is 8.44. The first-order valence-corrected chi connectivity index (χ1v) is 8.44. The molecule has 0 aliphatic rings. The number of hydrogen-bond acceptors (Lipinski definition) is 4. The first-order chi connectivity index (χ1) is 13.1. The summed E-state index contributed by atoms with van der Waals surface area (Å²) in [5, 5.41) is 4.80. The van der Waals surface area contributed by atoms with Crippen LogP contribution in [-0.4, -0.2) is 19.3 Å². The molecule has 0 unspecified atom stereocenters. The zero-order chi connectivity index (χ0) is 18.8. The third-order valence-electron chi connectivity index (χ3n) is 4.25. The fourth-order valence-corrected chi connectivity index (χ4v) is 2.99. The molecule has 2 heterocycles. The quantitative estimate of drug-likeness (QED) is 0.546. The summed E-state index contributed by atoms with van der Waals surface area (Å²) in [6.45, 7) is 0.354. The summed E-state index contributed by atoms with van der Waals surface area (Å²) in [5.41, 5.74) is 2.24. The SMILES string of the molecule is Cn1nc(COCc2cccc(F)c2)c2c(=O)n(-c3ccccc3)cnc21. The lowest BCUT2D eigenvalue weighted by atomic mass is 10.2. The summed E-state index contributed by atoms with van der Waals surface area (Å²) in [6.07, 6.45) is 1.50. The summed E-state index contributed by atoms with van der Waals surface area (Å²) in [6, 6.07) is 15.5. The molecule has 0 atom stereocenters. The van der Waals surface area contributed by atoms with Gasteiger partial charge in [-0.2, -0.15) is 5.10 Å². The van der Waals surface area contributed by atoms with Crippen molar-refractivity contribution >= 4 is 11.0 Å². The molecule has 0 aliphatic heterocycles. The number of rotatable bonds is 5. The van der Waals surface area contributed by atoms with Gasteiger partial charge in [0.15, 0.2) is 5.65 Å². The number of para-hydroxylation sites is 1. The fourth-order valence-electron chi connectivity index (χ4n) is 2.99. The Kier molecular flexibility index (Phi) is 4.52. The van der Waals surface area contributed by atoms with Crippen LogP contribution in [0.5, 0.6) is 0 Å². The van der Waals surface area contributed by atoms with Crippen molar-refractivity contribution in [2.75, 3.05) is 0 Å². The highest BCUT2D eigenvalue weighted by molar-refractivity contribution is 5.77. The largest absolute Gasteiger partial charge is 0.370 e. The Morgan fingerprint density at radius 2 is 1.89 bits per heavy atom. The third-order valence-corrected chi connectivity index (χ3v) is 4.25. The topological polar surface area (TPSA) is 61.9 Å². The van der Waals surface area contributed by atoms with Crippen molar-refractivity contribution in [3.05, 3.63) is 88.4 Å². The normalized spacial score (nSPS) is 11.2. The maximum absolute atomic E-state index is 13.3. The monoisotopic (exact) mass is 364 g/mol. The van der Waals surface area contributed by atoms with E-state index in [1.807, 2.05) is 30.3 Å². The minimum atomic E-state index is -0.311. The Labute approximate surface area is 154 Å². The Bertz CT molecular complexity index is 1150. The van der Waals surface area contributed by atoms with E-state index >= 15 is 0 Å². The van der Waals surface area contributed by atoms with Gasteiger partial charge in [0.2, 0.25) is 0 Å². The summed E-state index contributed by atoms with van der Waals surface area (Å²) in [5.74, 6) is -0.311. The summed E-state index contributed by atoms with van der Waals surface area (Å²) in [7, 11) is 1.73. The van der Waals surface area contributed by atoms with Crippen LogP contribution < -0.4 is 5.56 Å². The number of aromatic nitrogens is 4. The number of aryl methyl sites for hydroxylation is 1. The average Bonchev–Trinajstić information content (AvgIpc) is 2.99. The van der Waals surface area contributed by atoms with Crippen LogP contribution in [-0.2, 0) is 25.0 Å². The van der Waals surface area contributed by atoms with Crippen LogP contribution in [0.25, 0.3) is 16.7 Å². The van der Waals surface area contributed by atoms with Gasteiger partial charge in [-0.3, -0.25) is 9.36 Å². The van der Waals surface area contributed by atoms with Crippen molar-refractivity contribution in [3.8, 4) is 5.69 Å². The van der Waals surface area contributed by atoms with Crippen molar-refractivity contribution in [3.63, 3.8) is 0 Å². The highest BCUT2D eigenvalue weighted by atomic mass is 19.1. The molecule has 0 spiro atoms. The molecule has 0 N–H and O–H groups in total. The van der Waals surface area contributed by atoms with Gasteiger partial charge in [0, 0.05) is 7.05 Å². The van der Waals surface area contributed by atoms with Crippen molar-refractivity contribution in [2.24, 2.45) is 7.05 Å². The molecular formula is C20H17FN4O2. The Balaban J connectivity index is 1.65. The maximum Gasteiger partial charge on any atom is 0.269 e. The Morgan fingerprint density at radius 3 is 2.67 bits per heavy atom. The number of hydrogen-bond donors (Lipinski definition) is 0. The van der Waals surface area contributed by atoms with E-state index in [0.717, 1.165) is 11.3 Å². The molecule has 0 saturated heterocycles. The second kappa shape index (κ2) is 7.13. The second-order valence-corrected chi connectivity index (χ2v) is 6.15. The van der Waals surface area contributed by atoms with Crippen LogP contribution in [0, 0.1) is 5.82 Å². The van der Waals surface area contributed by atoms with Crippen LogP contribution in [0.15, 0.2) is 65.7 Å². The second-order valence-electron chi connectivity index (χ2n) is 6.15. The number of benzene rings is 2. The molecule has 2 aromatic heterocycles. The molecule has 0 amide bonds. The molecule has 27 heavy (non-hydrogen) atoms. The van der Waals surface area contributed by atoms with E-state index in [4.69, 9.17) is 4.74 Å². The molecule has 0 aliphatic carbocycles. The van der Waals surface area contributed by atoms with Crippen molar-refractivity contribution in [2.45, 2.75) is 13.2 Å². The summed E-state index contributed by atoms with van der Waals surface area (Å²) >= 11 is 0. The van der Waals surface area contributed by atoms with Gasteiger partial charge in [0.25, 0.3) is 5.56 Å². The minimum absolute atomic E-state index is 0.129. The van der Waals surface area contributed by atoms with Crippen LogP contribution in [0.1, 0.15) is 11.3 Å². The smallest absolute Gasteiger partial charge is 0.269 e. The van der Waals surface area contributed by atoms with Gasteiger partial charge in [-0.05, 0) is 29.8 Å². The highest BCUT2D eigenvalue weighted by Gasteiger charge is 2.16. The molecule has 0 fully saturated rings. The third kappa shape index (κ3) is 3.37. The lowest BCUT2D eigenvalue weighted by Crippen LogP contribution is -2.19. The first kappa shape index (κ1) is 17.1. The molecule has 4 aromatic rings. The predicted molar refractivity (Wildman–Crippen MR) is 99.0 cm³/mol. The van der Waals surface area contributed by atoms with Crippen molar-refractivity contribution in [1.29, 1.82) is 0 Å². The summed E-state index contributed by atoms with van der Waals surface area (Å²) < 4.78 is 22.0. The van der Waals surface area contributed by atoms with Gasteiger partial charge in [-0.25, -0.2) is 14.1 Å². The molecule has 2 aromatic carbocycles. The molecule has 4 rings (SSSR count). The van der Waals surface area contributed by atoms with E-state index in [-0.39, 0.29) is 24.6 Å². The zero-order valence-corrected chi connectivity index (χ0v) is 14.7. The number of halogens is 1. The average molecular weight is 364 g/mol. The molecule has 0 saturated carbocycles. The minimum Gasteiger partial charge on any atom is -0.370 e. The molecule has 6 nitrogen and oxygen atoms in total.